The number of hydrogen-bond acceptors (Lipinski definition) is 3. The Hall–Kier alpha value is -1.65. The number of aryl methyl sites for hydroxylation is 2. The zero-order valence-electron chi connectivity index (χ0n) is 12.2. The molecule has 1 unspecified atom stereocenters. The van der Waals surface area contributed by atoms with Gasteiger partial charge in [0.1, 0.15) is 0 Å². The molecule has 1 atom stereocenters. The van der Waals surface area contributed by atoms with Gasteiger partial charge < -0.3 is 10.4 Å². The van der Waals surface area contributed by atoms with Crippen molar-refractivity contribution in [2.75, 3.05) is 13.2 Å². The van der Waals surface area contributed by atoms with Gasteiger partial charge in [0.2, 0.25) is 0 Å². The number of likely N-dealkylation sites (N-methyl/N-ethyl adjacent to an activating group) is 1. The van der Waals surface area contributed by atoms with E-state index in [1.807, 2.05) is 42.1 Å². The monoisotopic (exact) mass is 273 g/mol. The summed E-state index contributed by atoms with van der Waals surface area (Å²) in [5.41, 5.74) is 1.73. The van der Waals surface area contributed by atoms with Crippen LogP contribution in [0.5, 0.6) is 0 Å². The normalized spacial score (nSPS) is 14.2. The van der Waals surface area contributed by atoms with Gasteiger partial charge in [-0.15, -0.1) is 0 Å². The first kappa shape index (κ1) is 14.8. The van der Waals surface area contributed by atoms with Crippen LogP contribution in [0.3, 0.4) is 0 Å². The Bertz CT molecular complexity index is 524. The molecule has 4 nitrogen and oxygen atoms in total. The van der Waals surface area contributed by atoms with Gasteiger partial charge >= 0.3 is 0 Å². The number of aliphatic hydroxyl groups is 1. The highest BCUT2D eigenvalue weighted by molar-refractivity contribution is 5.24. The van der Waals surface area contributed by atoms with Crippen LogP contribution in [0, 0.1) is 6.92 Å². The lowest BCUT2D eigenvalue weighted by atomic mass is 9.87. The standard InChI is InChI=1S/C16H23N3O/c1-3-17-16(13-20,15-7-5-4-6-8-15)10-12-19-11-9-14(2)18-19/h4-9,11,17,20H,3,10,12-13H2,1-2H3. The SMILES string of the molecule is CCNC(CO)(CCn1ccc(C)n1)c1ccccc1. The van der Waals surface area contributed by atoms with Crippen molar-refractivity contribution in [1.29, 1.82) is 0 Å². The van der Waals surface area contributed by atoms with Crippen LogP contribution in [0.1, 0.15) is 24.6 Å². The number of aromatic nitrogens is 2. The van der Waals surface area contributed by atoms with Gasteiger partial charge in [0.25, 0.3) is 0 Å². The first-order valence-corrected chi connectivity index (χ1v) is 7.11. The summed E-state index contributed by atoms with van der Waals surface area (Å²) in [6.45, 7) is 5.71. The maximum atomic E-state index is 9.95. The number of nitrogens with zero attached hydrogens (tertiary/aromatic N) is 2. The van der Waals surface area contributed by atoms with Crippen molar-refractivity contribution in [3.05, 3.63) is 53.9 Å². The van der Waals surface area contributed by atoms with E-state index in [-0.39, 0.29) is 6.61 Å². The summed E-state index contributed by atoms with van der Waals surface area (Å²) in [6.07, 6.45) is 2.77. The molecule has 0 radical (unpaired) electrons. The second-order valence-electron chi connectivity index (χ2n) is 5.11. The van der Waals surface area contributed by atoms with E-state index < -0.39 is 5.54 Å². The maximum absolute atomic E-state index is 9.95. The first-order valence-electron chi connectivity index (χ1n) is 7.11. The second-order valence-corrected chi connectivity index (χ2v) is 5.11. The number of benzene rings is 1. The highest BCUT2D eigenvalue weighted by atomic mass is 16.3. The third kappa shape index (κ3) is 3.26. The third-order valence-electron chi connectivity index (χ3n) is 3.65. The summed E-state index contributed by atoms with van der Waals surface area (Å²) in [7, 11) is 0. The van der Waals surface area contributed by atoms with Crippen LogP contribution in [0.2, 0.25) is 0 Å². The Morgan fingerprint density at radius 3 is 2.55 bits per heavy atom. The van der Waals surface area contributed by atoms with Gasteiger partial charge in [0.15, 0.2) is 0 Å². The van der Waals surface area contributed by atoms with Gasteiger partial charge in [-0.25, -0.2) is 0 Å². The lowest BCUT2D eigenvalue weighted by Crippen LogP contribution is -2.46. The van der Waals surface area contributed by atoms with Crippen molar-refractivity contribution in [3.63, 3.8) is 0 Å². The molecular weight excluding hydrogens is 250 g/mol. The van der Waals surface area contributed by atoms with Crippen LogP contribution >= 0.6 is 0 Å². The molecule has 2 rings (SSSR count). The highest BCUT2D eigenvalue weighted by Gasteiger charge is 2.30. The molecule has 1 heterocycles. The molecule has 2 aromatic rings. The molecule has 4 heteroatoms. The zero-order valence-corrected chi connectivity index (χ0v) is 12.2. The van der Waals surface area contributed by atoms with E-state index in [9.17, 15) is 5.11 Å². The molecule has 0 spiro atoms. The van der Waals surface area contributed by atoms with Crippen LogP contribution in [-0.2, 0) is 12.1 Å². The van der Waals surface area contributed by atoms with Crippen LogP contribution in [-0.4, -0.2) is 28.0 Å². The maximum Gasteiger partial charge on any atom is 0.0686 e. The summed E-state index contributed by atoms with van der Waals surface area (Å²) in [4.78, 5) is 0. The van der Waals surface area contributed by atoms with Gasteiger partial charge in [-0.05, 0) is 31.5 Å². The average Bonchev–Trinajstić information content (AvgIpc) is 2.90. The number of aliphatic hydroxyl groups excluding tert-OH is 1. The van der Waals surface area contributed by atoms with Crippen molar-refractivity contribution in [1.82, 2.24) is 15.1 Å². The predicted molar refractivity (Wildman–Crippen MR) is 80.5 cm³/mol. The molecule has 0 aliphatic heterocycles. The summed E-state index contributed by atoms with van der Waals surface area (Å²) >= 11 is 0. The minimum atomic E-state index is -0.407. The fourth-order valence-electron chi connectivity index (χ4n) is 2.55. The fourth-order valence-corrected chi connectivity index (χ4v) is 2.55. The van der Waals surface area contributed by atoms with Gasteiger partial charge in [-0.1, -0.05) is 37.3 Å². The molecule has 0 bridgehead atoms. The predicted octanol–water partition coefficient (Wildman–Crippen LogP) is 2.08. The lowest BCUT2D eigenvalue weighted by molar-refractivity contribution is 0.146. The lowest BCUT2D eigenvalue weighted by Gasteiger charge is -2.33. The van der Waals surface area contributed by atoms with Crippen LogP contribution in [0.4, 0.5) is 0 Å². The molecule has 1 aromatic heterocycles. The molecule has 1 aromatic carbocycles. The van der Waals surface area contributed by atoms with Crippen molar-refractivity contribution < 1.29 is 5.11 Å². The quantitative estimate of drug-likeness (QED) is 0.812. The Labute approximate surface area is 120 Å². The van der Waals surface area contributed by atoms with E-state index in [2.05, 4.69) is 29.5 Å². The third-order valence-corrected chi connectivity index (χ3v) is 3.65. The van der Waals surface area contributed by atoms with E-state index in [4.69, 9.17) is 0 Å². The van der Waals surface area contributed by atoms with Crippen LogP contribution in [0.15, 0.2) is 42.6 Å². The molecule has 0 aliphatic carbocycles. The topological polar surface area (TPSA) is 50.1 Å². The van der Waals surface area contributed by atoms with E-state index in [1.54, 1.807) is 0 Å². The van der Waals surface area contributed by atoms with Crippen molar-refractivity contribution in [3.8, 4) is 0 Å². The highest BCUT2D eigenvalue weighted by Crippen LogP contribution is 2.25. The smallest absolute Gasteiger partial charge is 0.0686 e. The van der Waals surface area contributed by atoms with Gasteiger partial charge in [0.05, 0.1) is 17.8 Å². The summed E-state index contributed by atoms with van der Waals surface area (Å²) in [5.74, 6) is 0. The molecule has 0 amide bonds. The summed E-state index contributed by atoms with van der Waals surface area (Å²) in [5, 5.41) is 17.8. The molecular formula is C16H23N3O. The zero-order chi connectivity index (χ0) is 14.4. The first-order chi connectivity index (χ1) is 9.70. The van der Waals surface area contributed by atoms with Crippen molar-refractivity contribution in [2.45, 2.75) is 32.4 Å². The van der Waals surface area contributed by atoms with Crippen LogP contribution in [0.25, 0.3) is 0 Å². The van der Waals surface area contributed by atoms with E-state index in [0.717, 1.165) is 30.8 Å². The fraction of sp³-hybridized carbons (Fsp3) is 0.438. The Morgan fingerprint density at radius 2 is 2.00 bits per heavy atom. The van der Waals surface area contributed by atoms with Gasteiger partial charge in [-0.2, -0.15) is 5.10 Å². The minimum absolute atomic E-state index is 0.0745. The molecule has 0 aliphatic rings. The summed E-state index contributed by atoms with van der Waals surface area (Å²) < 4.78 is 1.93. The second kappa shape index (κ2) is 6.68. The molecule has 20 heavy (non-hydrogen) atoms. The van der Waals surface area contributed by atoms with Crippen molar-refractivity contribution in [2.24, 2.45) is 0 Å². The Morgan fingerprint density at radius 1 is 1.25 bits per heavy atom. The molecule has 0 saturated carbocycles. The summed E-state index contributed by atoms with van der Waals surface area (Å²) in [6, 6.07) is 12.1. The number of hydrogen-bond donors (Lipinski definition) is 2. The molecule has 0 fully saturated rings. The Kier molecular flexibility index (Phi) is 4.93. The minimum Gasteiger partial charge on any atom is -0.394 e. The largest absolute Gasteiger partial charge is 0.394 e. The average molecular weight is 273 g/mol. The number of rotatable bonds is 7. The molecule has 2 N–H and O–H groups in total. The number of nitrogens with one attached hydrogen (secondary N) is 1. The van der Waals surface area contributed by atoms with E-state index >= 15 is 0 Å². The van der Waals surface area contributed by atoms with E-state index in [0.29, 0.717) is 0 Å². The van der Waals surface area contributed by atoms with Gasteiger partial charge in [0, 0.05) is 12.7 Å². The molecule has 108 valence electrons. The Balaban J connectivity index is 2.18. The van der Waals surface area contributed by atoms with Crippen LogP contribution < -0.4 is 5.32 Å². The molecule has 0 saturated heterocycles. The van der Waals surface area contributed by atoms with Crippen molar-refractivity contribution >= 4 is 0 Å². The van der Waals surface area contributed by atoms with E-state index in [1.165, 1.54) is 0 Å². The van der Waals surface area contributed by atoms with Gasteiger partial charge in [-0.3, -0.25) is 4.68 Å².